The quantitative estimate of drug-likeness (QED) is 0.679. The maximum absolute atomic E-state index is 12.4. The van der Waals surface area contributed by atoms with Gasteiger partial charge in [-0.15, -0.1) is 0 Å². The molecule has 3 rings (SSSR count). The molecule has 1 heterocycles. The first kappa shape index (κ1) is 11.3. The van der Waals surface area contributed by atoms with Gasteiger partial charge in [0.15, 0.2) is 0 Å². The molecule has 3 aromatic rings. The molecule has 2 aromatic carbocycles. The van der Waals surface area contributed by atoms with Crippen molar-refractivity contribution in [3.05, 3.63) is 58.9 Å². The van der Waals surface area contributed by atoms with E-state index in [0.29, 0.717) is 11.1 Å². The van der Waals surface area contributed by atoms with Crippen LogP contribution < -0.4 is 10.3 Å². The Bertz CT molecular complexity index is 743. The summed E-state index contributed by atoms with van der Waals surface area (Å²) in [6.45, 7) is 0. The average molecular weight is 304 g/mol. The molecule has 0 aliphatic carbocycles. The van der Waals surface area contributed by atoms with Gasteiger partial charge in [-0.3, -0.25) is 0 Å². The summed E-state index contributed by atoms with van der Waals surface area (Å²) in [5.74, 6) is 0.665. The number of hydrogen-bond donors (Lipinski definition) is 0. The molecule has 0 amide bonds. The van der Waals surface area contributed by atoms with Gasteiger partial charge < -0.3 is 0 Å². The van der Waals surface area contributed by atoms with E-state index in [9.17, 15) is 4.79 Å². The fourth-order valence-corrected chi connectivity index (χ4v) is 4.08. The monoisotopic (exact) mass is 305 g/mol. The van der Waals surface area contributed by atoms with Gasteiger partial charge in [-0.2, -0.15) is 0 Å². The number of aromatic nitrogens is 1. The predicted octanol–water partition coefficient (Wildman–Crippen LogP) is 2.06. The van der Waals surface area contributed by atoms with E-state index in [-0.39, 0.29) is 20.3 Å². The van der Waals surface area contributed by atoms with Crippen LogP contribution in [0, 0.1) is 0 Å². The molecule has 0 fully saturated rings. The third kappa shape index (κ3) is 1.70. The van der Waals surface area contributed by atoms with Crippen LogP contribution in [0.2, 0.25) is 0 Å². The standard InChI is InChI=1S/C14H11NO2Se/c1-17-11-8-5-9-12-13(11)14(16)15(18-12)10-6-3-2-4-7-10/h2-9H,1H3. The molecule has 4 heteroatoms. The van der Waals surface area contributed by atoms with Crippen molar-refractivity contribution in [2.45, 2.75) is 0 Å². The zero-order valence-corrected chi connectivity index (χ0v) is 11.5. The Morgan fingerprint density at radius 2 is 1.83 bits per heavy atom. The zero-order valence-electron chi connectivity index (χ0n) is 9.79. The molecular weight excluding hydrogens is 293 g/mol. The summed E-state index contributed by atoms with van der Waals surface area (Å²) in [4.78, 5) is 12.4. The molecule has 0 atom stereocenters. The first-order valence-electron chi connectivity index (χ1n) is 5.56. The van der Waals surface area contributed by atoms with Gasteiger partial charge in [0.2, 0.25) is 0 Å². The SMILES string of the molecule is COc1cccc2[se]n(-c3ccccc3)c(=O)c12. The van der Waals surface area contributed by atoms with Crippen molar-refractivity contribution in [2.24, 2.45) is 0 Å². The number of rotatable bonds is 2. The van der Waals surface area contributed by atoms with Crippen LogP contribution in [-0.4, -0.2) is 25.4 Å². The summed E-state index contributed by atoms with van der Waals surface area (Å²) >= 11 is -0.0116. The van der Waals surface area contributed by atoms with E-state index in [0.717, 1.165) is 9.95 Å². The van der Waals surface area contributed by atoms with Gasteiger partial charge in [-0.1, -0.05) is 0 Å². The van der Waals surface area contributed by atoms with Gasteiger partial charge in [0.1, 0.15) is 0 Å². The van der Waals surface area contributed by atoms with Crippen LogP contribution in [0.3, 0.4) is 0 Å². The van der Waals surface area contributed by atoms with Crippen molar-refractivity contribution in [3.8, 4) is 11.4 Å². The molecule has 0 aliphatic rings. The Kier molecular flexibility index (Phi) is 2.82. The van der Waals surface area contributed by atoms with E-state index in [1.165, 1.54) is 0 Å². The Morgan fingerprint density at radius 1 is 1.06 bits per heavy atom. The Morgan fingerprint density at radius 3 is 2.56 bits per heavy atom. The first-order chi connectivity index (χ1) is 8.81. The van der Waals surface area contributed by atoms with Crippen molar-refractivity contribution in [1.82, 2.24) is 3.56 Å². The Labute approximate surface area is 110 Å². The summed E-state index contributed by atoms with van der Waals surface area (Å²) in [6.07, 6.45) is 0. The van der Waals surface area contributed by atoms with Gasteiger partial charge in [0, 0.05) is 0 Å². The molecule has 18 heavy (non-hydrogen) atoms. The van der Waals surface area contributed by atoms with Gasteiger partial charge >= 0.3 is 110 Å². The molecular formula is C14H11NO2Se. The second-order valence-corrected chi connectivity index (χ2v) is 5.93. The molecule has 0 bridgehead atoms. The van der Waals surface area contributed by atoms with Crippen LogP contribution in [0.4, 0.5) is 0 Å². The minimum atomic E-state index is -0.0116. The van der Waals surface area contributed by atoms with Crippen LogP contribution in [0.25, 0.3) is 15.3 Å². The molecule has 0 unspecified atom stereocenters. The molecule has 0 saturated carbocycles. The topological polar surface area (TPSA) is 31.2 Å². The molecule has 0 saturated heterocycles. The van der Waals surface area contributed by atoms with Crippen LogP contribution in [0.1, 0.15) is 0 Å². The van der Waals surface area contributed by atoms with E-state index >= 15 is 0 Å². The summed E-state index contributed by atoms with van der Waals surface area (Å²) in [5.41, 5.74) is 0.981. The number of fused-ring (bicyclic) bond motifs is 1. The van der Waals surface area contributed by atoms with Crippen molar-refractivity contribution in [3.63, 3.8) is 0 Å². The second kappa shape index (κ2) is 4.48. The maximum atomic E-state index is 12.4. The average Bonchev–Trinajstić information content (AvgIpc) is 2.77. The summed E-state index contributed by atoms with van der Waals surface area (Å²) in [5, 5.41) is 0.712. The summed E-state index contributed by atoms with van der Waals surface area (Å²) in [6, 6.07) is 15.5. The van der Waals surface area contributed by atoms with Crippen LogP contribution in [0.15, 0.2) is 53.3 Å². The summed E-state index contributed by atoms with van der Waals surface area (Å²) < 4.78 is 8.19. The number of ether oxygens (including phenoxy) is 1. The Hall–Kier alpha value is -1.77. The number of hydrogen-bond acceptors (Lipinski definition) is 2. The summed E-state index contributed by atoms with van der Waals surface area (Å²) in [7, 11) is 1.60. The predicted molar refractivity (Wildman–Crippen MR) is 73.0 cm³/mol. The van der Waals surface area contributed by atoms with E-state index in [1.54, 1.807) is 7.11 Å². The number of methoxy groups -OCH3 is 1. The second-order valence-electron chi connectivity index (χ2n) is 3.86. The minimum absolute atomic E-state index is 0.0116. The van der Waals surface area contributed by atoms with Gasteiger partial charge in [0.05, 0.1) is 0 Å². The van der Waals surface area contributed by atoms with Gasteiger partial charge in [0.25, 0.3) is 0 Å². The molecule has 0 radical (unpaired) electrons. The van der Waals surface area contributed by atoms with Crippen molar-refractivity contribution in [1.29, 1.82) is 0 Å². The van der Waals surface area contributed by atoms with E-state index in [2.05, 4.69) is 0 Å². The van der Waals surface area contributed by atoms with Crippen molar-refractivity contribution < 1.29 is 4.74 Å². The third-order valence-corrected chi connectivity index (χ3v) is 5.09. The molecule has 0 spiro atoms. The molecule has 0 N–H and O–H groups in total. The van der Waals surface area contributed by atoms with Crippen molar-refractivity contribution in [2.75, 3.05) is 7.11 Å². The van der Waals surface area contributed by atoms with E-state index < -0.39 is 0 Å². The van der Waals surface area contributed by atoms with Gasteiger partial charge in [-0.25, -0.2) is 0 Å². The van der Waals surface area contributed by atoms with Crippen molar-refractivity contribution >= 4 is 24.4 Å². The molecule has 1 aromatic heterocycles. The Balaban J connectivity index is 2.34. The van der Waals surface area contributed by atoms with Crippen LogP contribution in [-0.2, 0) is 0 Å². The number of benzene rings is 2. The fraction of sp³-hybridized carbons (Fsp3) is 0.0714. The van der Waals surface area contributed by atoms with Crippen LogP contribution in [0.5, 0.6) is 5.75 Å². The zero-order chi connectivity index (χ0) is 12.5. The molecule has 3 nitrogen and oxygen atoms in total. The van der Waals surface area contributed by atoms with E-state index in [1.807, 2.05) is 52.1 Å². The molecule has 90 valence electrons. The molecule has 0 aliphatic heterocycles. The van der Waals surface area contributed by atoms with Gasteiger partial charge in [-0.05, 0) is 0 Å². The number of para-hydroxylation sites is 1. The normalized spacial score (nSPS) is 10.7. The third-order valence-electron chi connectivity index (χ3n) is 2.79. The van der Waals surface area contributed by atoms with E-state index in [4.69, 9.17) is 4.74 Å². The van der Waals surface area contributed by atoms with Crippen LogP contribution >= 0.6 is 0 Å². The first-order valence-corrected chi connectivity index (χ1v) is 7.18. The number of nitrogens with zero attached hydrogens (tertiary/aromatic N) is 1. The fourth-order valence-electron chi connectivity index (χ4n) is 1.94.